The lowest BCUT2D eigenvalue weighted by molar-refractivity contribution is -0.136. The van der Waals surface area contributed by atoms with Crippen molar-refractivity contribution in [2.75, 3.05) is 11.9 Å². The minimum atomic E-state index is -1.13. The molecule has 1 rings (SSSR count). The van der Waals surface area contributed by atoms with Crippen molar-refractivity contribution >= 4 is 23.5 Å². The van der Waals surface area contributed by atoms with Crippen molar-refractivity contribution in [2.24, 2.45) is 0 Å². The topological polar surface area (TPSA) is 95.5 Å². The van der Waals surface area contributed by atoms with E-state index < -0.39 is 24.1 Å². The van der Waals surface area contributed by atoms with Gasteiger partial charge in [-0.05, 0) is 24.1 Å². The zero-order valence-corrected chi connectivity index (χ0v) is 12.3. The van der Waals surface area contributed by atoms with Crippen molar-refractivity contribution in [1.82, 2.24) is 5.32 Å². The molecule has 0 atom stereocenters. The Morgan fingerprint density at radius 1 is 1.18 bits per heavy atom. The number of aliphatic carboxylic acids is 1. The summed E-state index contributed by atoms with van der Waals surface area (Å²) >= 11 is 0. The highest BCUT2D eigenvalue weighted by Gasteiger charge is 2.10. The molecule has 0 aliphatic heterocycles. The number of carboxylic acid groups (broad SMARTS) is 1. The van der Waals surface area contributed by atoms with Crippen LogP contribution in [-0.2, 0) is 20.8 Å². The molecular formula is C15H19FN2O4. The molecule has 0 aliphatic rings. The summed E-state index contributed by atoms with van der Waals surface area (Å²) in [6.45, 7) is 2.49. The normalized spacial score (nSPS) is 10.1. The number of nitrogens with one attached hydrogen (secondary N) is 2. The number of carbonyl (C=O) groups is 3. The fourth-order valence-electron chi connectivity index (χ4n) is 1.73. The summed E-state index contributed by atoms with van der Waals surface area (Å²) in [7, 11) is 0. The van der Waals surface area contributed by atoms with E-state index in [1.165, 1.54) is 12.1 Å². The molecule has 0 bridgehead atoms. The molecule has 3 N–H and O–H groups in total. The van der Waals surface area contributed by atoms with Crippen molar-refractivity contribution in [3.63, 3.8) is 0 Å². The highest BCUT2D eigenvalue weighted by molar-refractivity contribution is 5.93. The number of rotatable bonds is 8. The summed E-state index contributed by atoms with van der Waals surface area (Å²) in [5.74, 6) is -2.44. The fourth-order valence-corrected chi connectivity index (χ4v) is 1.73. The lowest BCUT2D eigenvalue weighted by atomic mass is 10.1. The van der Waals surface area contributed by atoms with Gasteiger partial charge in [0, 0.05) is 25.1 Å². The Bertz CT molecular complexity index is 560. The maximum atomic E-state index is 13.6. The monoisotopic (exact) mass is 310 g/mol. The second-order valence-corrected chi connectivity index (χ2v) is 4.77. The van der Waals surface area contributed by atoms with Gasteiger partial charge in [0.15, 0.2) is 0 Å². The van der Waals surface area contributed by atoms with E-state index >= 15 is 0 Å². The van der Waals surface area contributed by atoms with E-state index in [1.54, 1.807) is 0 Å². The molecule has 0 unspecified atom stereocenters. The van der Waals surface area contributed by atoms with Crippen LogP contribution in [0.15, 0.2) is 18.2 Å². The number of hydrogen-bond donors (Lipinski definition) is 3. The van der Waals surface area contributed by atoms with Crippen molar-refractivity contribution in [2.45, 2.75) is 32.6 Å². The maximum Gasteiger partial charge on any atom is 0.307 e. The predicted octanol–water partition coefficient (Wildman–Crippen LogP) is 1.70. The summed E-state index contributed by atoms with van der Waals surface area (Å²) in [6, 6.07) is 3.80. The average molecular weight is 310 g/mol. The number of carboxylic acids is 1. The smallest absolute Gasteiger partial charge is 0.307 e. The molecule has 120 valence electrons. The summed E-state index contributed by atoms with van der Waals surface area (Å²) in [4.78, 5) is 33.5. The van der Waals surface area contributed by atoms with Crippen molar-refractivity contribution in [3.8, 4) is 0 Å². The summed E-state index contributed by atoms with van der Waals surface area (Å²) < 4.78 is 13.6. The Morgan fingerprint density at radius 2 is 1.86 bits per heavy atom. The molecule has 1 aromatic rings. The van der Waals surface area contributed by atoms with E-state index in [4.69, 9.17) is 5.11 Å². The van der Waals surface area contributed by atoms with Gasteiger partial charge in [0.1, 0.15) is 5.82 Å². The molecule has 0 fully saturated rings. The number of anilines is 1. The van der Waals surface area contributed by atoms with Gasteiger partial charge in [0.05, 0.1) is 6.42 Å². The molecule has 0 aromatic heterocycles. The van der Waals surface area contributed by atoms with Gasteiger partial charge in [-0.2, -0.15) is 0 Å². The Morgan fingerprint density at radius 3 is 2.45 bits per heavy atom. The van der Waals surface area contributed by atoms with Crippen molar-refractivity contribution < 1.29 is 23.9 Å². The van der Waals surface area contributed by atoms with Gasteiger partial charge in [0.25, 0.3) is 0 Å². The van der Waals surface area contributed by atoms with Crippen molar-refractivity contribution in [3.05, 3.63) is 29.6 Å². The first kappa shape index (κ1) is 17.6. The Kier molecular flexibility index (Phi) is 7.01. The van der Waals surface area contributed by atoms with Crippen molar-refractivity contribution in [1.29, 1.82) is 0 Å². The van der Waals surface area contributed by atoms with Gasteiger partial charge >= 0.3 is 5.97 Å². The highest BCUT2D eigenvalue weighted by Crippen LogP contribution is 2.15. The maximum absolute atomic E-state index is 13.6. The first-order chi connectivity index (χ1) is 10.4. The third-order valence-electron chi connectivity index (χ3n) is 2.83. The largest absolute Gasteiger partial charge is 0.481 e. The molecular weight excluding hydrogens is 291 g/mol. The van der Waals surface area contributed by atoms with E-state index in [0.717, 1.165) is 12.5 Å². The lowest BCUT2D eigenvalue weighted by Gasteiger charge is -2.07. The van der Waals surface area contributed by atoms with Crippen LogP contribution < -0.4 is 10.6 Å². The number of hydrogen-bond acceptors (Lipinski definition) is 3. The number of benzene rings is 1. The van der Waals surface area contributed by atoms with Crippen LogP contribution in [0.4, 0.5) is 10.1 Å². The summed E-state index contributed by atoms with van der Waals surface area (Å²) in [5.41, 5.74) is 0.273. The molecule has 0 radical (unpaired) electrons. The van der Waals surface area contributed by atoms with Gasteiger partial charge in [-0.25, -0.2) is 4.39 Å². The van der Waals surface area contributed by atoms with Gasteiger partial charge in [0.2, 0.25) is 11.8 Å². The average Bonchev–Trinajstić information content (AvgIpc) is 2.45. The highest BCUT2D eigenvalue weighted by atomic mass is 19.1. The van der Waals surface area contributed by atoms with E-state index in [-0.39, 0.29) is 30.0 Å². The standard InChI is InChI=1S/C15H19FN2O4/c1-2-7-17-13(19)5-6-14(20)18-11-4-3-10(8-15(21)22)12(16)9-11/h3-4,9H,2,5-8H2,1H3,(H,17,19)(H,18,20)(H,21,22). The number of amides is 2. The van der Waals surface area contributed by atoms with Crippen LogP contribution >= 0.6 is 0 Å². The second-order valence-electron chi connectivity index (χ2n) is 4.77. The third kappa shape index (κ3) is 6.34. The zero-order chi connectivity index (χ0) is 16.5. The summed E-state index contributed by atoms with van der Waals surface area (Å²) in [6.07, 6.45) is 0.455. The van der Waals surface area contributed by atoms with E-state index in [1.807, 2.05) is 6.92 Å². The minimum absolute atomic E-state index is 0.00591. The van der Waals surface area contributed by atoms with Crippen LogP contribution in [0.25, 0.3) is 0 Å². The van der Waals surface area contributed by atoms with Gasteiger partial charge in [-0.15, -0.1) is 0 Å². The molecule has 2 amide bonds. The molecule has 22 heavy (non-hydrogen) atoms. The first-order valence-electron chi connectivity index (χ1n) is 6.99. The zero-order valence-electron chi connectivity index (χ0n) is 12.3. The second kappa shape index (κ2) is 8.76. The quantitative estimate of drug-likeness (QED) is 0.681. The molecule has 0 aliphatic carbocycles. The van der Waals surface area contributed by atoms with Crippen LogP contribution in [0.2, 0.25) is 0 Å². The first-order valence-corrected chi connectivity index (χ1v) is 6.99. The number of carbonyl (C=O) groups excluding carboxylic acids is 2. The predicted molar refractivity (Wildman–Crippen MR) is 78.9 cm³/mol. The van der Waals surface area contributed by atoms with Gasteiger partial charge < -0.3 is 15.7 Å². The van der Waals surface area contributed by atoms with Gasteiger partial charge in [-0.1, -0.05) is 13.0 Å². The lowest BCUT2D eigenvalue weighted by Crippen LogP contribution is -2.25. The molecule has 0 spiro atoms. The molecule has 0 saturated heterocycles. The van der Waals surface area contributed by atoms with Crippen LogP contribution in [0.1, 0.15) is 31.7 Å². The number of halogens is 1. The van der Waals surface area contributed by atoms with Crippen LogP contribution in [0.3, 0.4) is 0 Å². The molecule has 6 nitrogen and oxygen atoms in total. The van der Waals surface area contributed by atoms with Gasteiger partial charge in [-0.3, -0.25) is 14.4 Å². The molecule has 1 aromatic carbocycles. The Hall–Kier alpha value is -2.44. The van der Waals surface area contributed by atoms with Crippen LogP contribution in [0.5, 0.6) is 0 Å². The van der Waals surface area contributed by atoms with E-state index in [9.17, 15) is 18.8 Å². The third-order valence-corrected chi connectivity index (χ3v) is 2.83. The van der Waals surface area contributed by atoms with Crippen LogP contribution in [-0.4, -0.2) is 29.4 Å². The van der Waals surface area contributed by atoms with E-state index in [2.05, 4.69) is 10.6 Å². The van der Waals surface area contributed by atoms with Crippen LogP contribution in [0, 0.1) is 5.82 Å². The Balaban J connectivity index is 2.49. The SMILES string of the molecule is CCCNC(=O)CCC(=O)Nc1ccc(CC(=O)O)c(F)c1. The fraction of sp³-hybridized carbons (Fsp3) is 0.400. The van der Waals surface area contributed by atoms with E-state index in [0.29, 0.717) is 6.54 Å². The molecule has 7 heteroatoms. The Labute approximate surface area is 127 Å². The minimum Gasteiger partial charge on any atom is -0.481 e. The molecule has 0 saturated carbocycles. The molecule has 0 heterocycles. The summed E-state index contributed by atoms with van der Waals surface area (Å²) in [5, 5.41) is 13.7.